The van der Waals surface area contributed by atoms with E-state index in [4.69, 9.17) is 0 Å². The predicted molar refractivity (Wildman–Crippen MR) is 86.3 cm³/mol. The second kappa shape index (κ2) is 13.8. The second-order valence-corrected chi connectivity index (χ2v) is 16.9. The fraction of sp³-hybridized carbons (Fsp3) is 0. The molecule has 0 spiro atoms. The number of hydrogen-bond donors (Lipinski definition) is 2. The van der Waals surface area contributed by atoms with Crippen LogP contribution >= 0.6 is 112 Å². The third kappa shape index (κ3) is 13.9. The number of rotatable bonds is 8. The summed E-state index contributed by atoms with van der Waals surface area (Å²) >= 11 is 7.97. The van der Waals surface area contributed by atoms with Crippen LogP contribution in [0, 0.1) is 0 Å². The molecule has 0 rings (SSSR count). The normalized spacial score (nSPS) is 10.4. The lowest BCUT2D eigenvalue weighted by Gasteiger charge is -1.93. The fourth-order valence-electron chi connectivity index (χ4n) is 0.0815. The molecule has 0 heterocycles. The van der Waals surface area contributed by atoms with Gasteiger partial charge in [0.15, 0.2) is 0 Å². The molecule has 0 nitrogen and oxygen atoms in total. The van der Waals surface area contributed by atoms with Crippen molar-refractivity contribution in [3.8, 4) is 0 Å². The SMILES string of the molecule is SSSSSSSSSSS. The van der Waals surface area contributed by atoms with Gasteiger partial charge in [-0.25, -0.2) is 0 Å². The summed E-state index contributed by atoms with van der Waals surface area (Å²) in [4.78, 5) is 0. The van der Waals surface area contributed by atoms with Crippen LogP contribution in [0.5, 0.6) is 0 Å². The molecule has 0 bridgehead atoms. The van der Waals surface area contributed by atoms with Crippen LogP contribution < -0.4 is 0 Å². The van der Waals surface area contributed by atoms with Gasteiger partial charge in [-0.3, -0.25) is 0 Å². The molecule has 0 aliphatic heterocycles. The minimum absolute atomic E-state index is 1.47. The smallest absolute Gasteiger partial charge is 0.00000000758 e. The van der Waals surface area contributed by atoms with Crippen LogP contribution in [0.25, 0.3) is 0 Å². The van der Waals surface area contributed by atoms with E-state index >= 15 is 0 Å². The molecule has 11 heteroatoms. The van der Waals surface area contributed by atoms with Crippen molar-refractivity contribution in [2.45, 2.75) is 0 Å². The van der Waals surface area contributed by atoms with Crippen molar-refractivity contribution >= 4 is 112 Å². The summed E-state index contributed by atoms with van der Waals surface area (Å²) in [5, 5.41) is 0. The summed E-state index contributed by atoms with van der Waals surface area (Å²) < 4.78 is 0. The zero-order chi connectivity index (χ0) is 8.36. The Balaban J connectivity index is 2.69. The molecule has 0 fully saturated rings. The summed E-state index contributed by atoms with van der Waals surface area (Å²) in [7, 11) is 15.0. The Morgan fingerprint density at radius 2 is 0.727 bits per heavy atom. The summed E-state index contributed by atoms with van der Waals surface area (Å²) in [5.41, 5.74) is 0. The van der Waals surface area contributed by atoms with Crippen molar-refractivity contribution in [3.63, 3.8) is 0 Å². The molecular formula is H2S11. The van der Waals surface area contributed by atoms with Gasteiger partial charge in [0.1, 0.15) is 0 Å². The van der Waals surface area contributed by atoms with Crippen LogP contribution in [0.15, 0.2) is 0 Å². The lowest BCUT2D eigenvalue weighted by molar-refractivity contribution is 5.66. The van der Waals surface area contributed by atoms with Gasteiger partial charge in [-0.2, -0.15) is 0 Å². The lowest BCUT2D eigenvalue weighted by Crippen LogP contribution is -1.28. The van der Waals surface area contributed by atoms with E-state index in [0.717, 1.165) is 0 Å². The summed E-state index contributed by atoms with van der Waals surface area (Å²) in [6.45, 7) is 0. The minimum Gasteiger partial charge on any atom is -0.0988 e. The van der Waals surface area contributed by atoms with Crippen LogP contribution in [-0.4, -0.2) is 0 Å². The lowest BCUT2D eigenvalue weighted by atomic mass is 30.1. The molecule has 11 heavy (non-hydrogen) atoms. The van der Waals surface area contributed by atoms with Gasteiger partial charge < -0.3 is 0 Å². The van der Waals surface area contributed by atoms with Crippen molar-refractivity contribution in [3.05, 3.63) is 0 Å². The van der Waals surface area contributed by atoms with E-state index in [9.17, 15) is 0 Å². The van der Waals surface area contributed by atoms with E-state index in [1.807, 2.05) is 0 Å². The third-order valence-electron chi connectivity index (χ3n) is 0.228. The van der Waals surface area contributed by atoms with Gasteiger partial charge in [-0.1, -0.05) is 23.3 Å². The monoisotopic (exact) mass is 354 g/mol. The molecule has 0 radical (unpaired) electrons. The Morgan fingerprint density at radius 3 is 1.00 bits per heavy atom. The molecular weight excluding hydrogens is 353 g/mol. The molecule has 0 aromatic carbocycles. The highest BCUT2D eigenvalue weighted by Crippen LogP contribution is 2.59. The molecule has 0 unspecified atom stereocenters. The third-order valence-corrected chi connectivity index (χ3v) is 18.4. The molecule has 0 atom stereocenters. The fourth-order valence-corrected chi connectivity index (χ4v) is 19.8. The predicted octanol–water partition coefficient (Wildman–Crippen LogP) is 6.59. The van der Waals surface area contributed by atoms with Crippen molar-refractivity contribution < 1.29 is 0 Å². The maximum atomic E-state index is 3.99. The van der Waals surface area contributed by atoms with Gasteiger partial charge in [0.2, 0.25) is 0 Å². The molecule has 0 aliphatic rings. The first-order chi connectivity index (χ1) is 5.41. The average molecular weight is 355 g/mol. The van der Waals surface area contributed by atoms with E-state index < -0.39 is 0 Å². The van der Waals surface area contributed by atoms with Crippen LogP contribution in [0.2, 0.25) is 0 Å². The van der Waals surface area contributed by atoms with Gasteiger partial charge in [0.25, 0.3) is 0 Å². The molecule has 0 N–H and O–H groups in total. The minimum atomic E-state index is 1.47. The zero-order valence-electron chi connectivity index (χ0n) is 4.57. The summed E-state index contributed by atoms with van der Waals surface area (Å²) in [5.74, 6) is 0. The van der Waals surface area contributed by atoms with Gasteiger partial charge in [0.05, 0.1) is 0 Å². The van der Waals surface area contributed by atoms with E-state index in [2.05, 4.69) is 23.3 Å². The molecule has 68 valence electrons. The number of thiol groups is 2. The Bertz CT molecular complexity index is 49.1. The van der Waals surface area contributed by atoms with Crippen LogP contribution in [0.4, 0.5) is 0 Å². The summed E-state index contributed by atoms with van der Waals surface area (Å²) in [6.07, 6.45) is 0. The maximum absolute atomic E-state index is 3.99. The molecule has 0 aromatic rings. The van der Waals surface area contributed by atoms with Crippen LogP contribution in [-0.2, 0) is 0 Å². The molecule has 0 saturated heterocycles. The highest BCUT2D eigenvalue weighted by atomic mass is 34.0. The molecule has 0 amide bonds. The van der Waals surface area contributed by atoms with Gasteiger partial charge in [0, 0.05) is 0 Å². The van der Waals surface area contributed by atoms with Gasteiger partial charge in [-0.15, -0.1) is 0 Å². The largest absolute Gasteiger partial charge is 0.0988 e. The average Bonchev–Trinajstić information content (AvgIpc) is 2.03. The molecule has 0 aromatic heterocycles. The van der Waals surface area contributed by atoms with Crippen LogP contribution in [0.1, 0.15) is 0 Å². The highest BCUT2D eigenvalue weighted by Gasteiger charge is 1.93. The Labute approximate surface area is 110 Å². The van der Waals surface area contributed by atoms with Gasteiger partial charge in [-0.05, 0) is 88.4 Å². The first-order valence-corrected chi connectivity index (χ1v) is 15.3. The van der Waals surface area contributed by atoms with Crippen molar-refractivity contribution in [2.75, 3.05) is 0 Å². The zero-order valence-corrected chi connectivity index (χ0v) is 13.7. The highest BCUT2D eigenvalue weighted by molar-refractivity contribution is 9.53. The second-order valence-electron chi connectivity index (χ2n) is 0.625. The standard InChI is InChI=1S/H2S11/c1-3-5-7-9-11-10-8-6-4-2/h1-2H. The quantitative estimate of drug-likeness (QED) is 0.279. The van der Waals surface area contributed by atoms with Crippen molar-refractivity contribution in [2.24, 2.45) is 0 Å². The summed E-state index contributed by atoms with van der Waals surface area (Å²) in [6, 6.07) is 0. The Hall–Kier alpha value is 3.85. The Morgan fingerprint density at radius 1 is 0.455 bits per heavy atom. The van der Waals surface area contributed by atoms with Crippen LogP contribution in [0.3, 0.4) is 0 Å². The van der Waals surface area contributed by atoms with E-state index in [-0.39, 0.29) is 0 Å². The number of hydrogen-bond acceptors (Lipinski definition) is 11. The first kappa shape index (κ1) is 14.8. The molecule has 0 saturated carbocycles. The Kier molecular flexibility index (Phi) is 18.7. The van der Waals surface area contributed by atoms with Gasteiger partial charge >= 0.3 is 0 Å². The maximum Gasteiger partial charge on any atom is -0.00000000758 e. The molecule has 0 aliphatic carbocycles. The van der Waals surface area contributed by atoms with E-state index in [1.165, 1.54) is 19.7 Å². The van der Waals surface area contributed by atoms with Crippen molar-refractivity contribution in [1.29, 1.82) is 0 Å². The van der Waals surface area contributed by atoms with E-state index in [1.54, 1.807) is 68.8 Å². The first-order valence-electron chi connectivity index (χ1n) is 1.70. The van der Waals surface area contributed by atoms with Crippen molar-refractivity contribution in [1.82, 2.24) is 0 Å². The topological polar surface area (TPSA) is 0 Å². The van der Waals surface area contributed by atoms with E-state index in [0.29, 0.717) is 0 Å².